The second kappa shape index (κ2) is 7.14. The van der Waals surface area contributed by atoms with Crippen LogP contribution in [0.25, 0.3) is 0 Å². The number of amides is 2. The van der Waals surface area contributed by atoms with Gasteiger partial charge in [-0.2, -0.15) is 0 Å². The minimum atomic E-state index is -0.952. The van der Waals surface area contributed by atoms with E-state index in [1.807, 2.05) is 6.92 Å². The summed E-state index contributed by atoms with van der Waals surface area (Å²) >= 11 is 6.18. The fourth-order valence-electron chi connectivity index (χ4n) is 1.64. The number of nitrogens with one attached hydrogen (secondary N) is 2. The van der Waals surface area contributed by atoms with Gasteiger partial charge in [-0.15, -0.1) is 11.6 Å². The molecule has 0 spiro atoms. The molecule has 0 bridgehead atoms. The van der Waals surface area contributed by atoms with Gasteiger partial charge in [0.15, 0.2) is 0 Å². The minimum Gasteiger partial charge on any atom is -0.410 e. The molecule has 0 saturated carbocycles. The zero-order chi connectivity index (χ0) is 15.2. The fourth-order valence-corrected chi connectivity index (χ4v) is 1.88. The van der Waals surface area contributed by atoms with E-state index in [1.54, 1.807) is 31.2 Å². The molecule has 0 radical (unpaired) electrons. The SMILES string of the molecule is CCCC(C)(Cl)C(=O)Nc1cccc(OC(=O)NC)c1. The molecule has 0 aliphatic carbocycles. The lowest BCUT2D eigenvalue weighted by Crippen LogP contribution is -2.34. The van der Waals surface area contributed by atoms with Crippen LogP contribution in [-0.2, 0) is 4.79 Å². The summed E-state index contributed by atoms with van der Waals surface area (Å²) < 4.78 is 4.98. The Morgan fingerprint density at radius 2 is 2.10 bits per heavy atom. The number of carbonyl (C=O) groups excluding carboxylic acids is 2. The summed E-state index contributed by atoms with van der Waals surface area (Å²) in [6.07, 6.45) is 0.823. The lowest BCUT2D eigenvalue weighted by Gasteiger charge is -2.20. The van der Waals surface area contributed by atoms with Crippen molar-refractivity contribution < 1.29 is 14.3 Å². The van der Waals surface area contributed by atoms with E-state index in [0.717, 1.165) is 6.42 Å². The third-order valence-electron chi connectivity index (χ3n) is 2.70. The molecule has 1 rings (SSSR count). The molecule has 2 amide bonds. The first kappa shape index (κ1) is 16.3. The van der Waals surface area contributed by atoms with Crippen molar-refractivity contribution in [2.24, 2.45) is 0 Å². The lowest BCUT2D eigenvalue weighted by molar-refractivity contribution is -0.118. The summed E-state index contributed by atoms with van der Waals surface area (Å²) in [5.74, 6) is 0.0621. The third-order valence-corrected chi connectivity index (χ3v) is 3.06. The molecule has 1 atom stereocenters. The molecule has 1 aromatic rings. The van der Waals surface area contributed by atoms with Gasteiger partial charge in [-0.1, -0.05) is 19.4 Å². The van der Waals surface area contributed by atoms with Crippen LogP contribution >= 0.6 is 11.6 Å². The second-order valence-electron chi connectivity index (χ2n) is 4.57. The zero-order valence-corrected chi connectivity index (χ0v) is 12.6. The Bertz CT molecular complexity index is 489. The zero-order valence-electron chi connectivity index (χ0n) is 11.8. The van der Waals surface area contributed by atoms with Gasteiger partial charge in [-0.25, -0.2) is 4.79 Å². The predicted octanol–water partition coefficient (Wildman–Crippen LogP) is 3.14. The fraction of sp³-hybridized carbons (Fsp3) is 0.429. The van der Waals surface area contributed by atoms with Crippen LogP contribution in [0, 0.1) is 0 Å². The summed E-state index contributed by atoms with van der Waals surface area (Å²) in [5.41, 5.74) is 0.527. The first-order valence-electron chi connectivity index (χ1n) is 6.39. The van der Waals surface area contributed by atoms with Crippen LogP contribution in [0.1, 0.15) is 26.7 Å². The maximum atomic E-state index is 12.1. The molecule has 5 nitrogen and oxygen atoms in total. The molecule has 2 N–H and O–H groups in total. The highest BCUT2D eigenvalue weighted by atomic mass is 35.5. The molecular weight excluding hydrogens is 280 g/mol. The monoisotopic (exact) mass is 298 g/mol. The first-order chi connectivity index (χ1) is 9.39. The summed E-state index contributed by atoms with van der Waals surface area (Å²) in [6, 6.07) is 6.57. The molecule has 110 valence electrons. The van der Waals surface area contributed by atoms with Gasteiger partial charge in [-0.3, -0.25) is 4.79 Å². The van der Waals surface area contributed by atoms with E-state index in [9.17, 15) is 9.59 Å². The maximum Gasteiger partial charge on any atom is 0.412 e. The highest BCUT2D eigenvalue weighted by Gasteiger charge is 2.29. The quantitative estimate of drug-likeness (QED) is 0.821. The number of alkyl halides is 1. The van der Waals surface area contributed by atoms with Crippen molar-refractivity contribution in [3.05, 3.63) is 24.3 Å². The molecule has 0 aliphatic heterocycles. The van der Waals surface area contributed by atoms with Crippen LogP contribution in [-0.4, -0.2) is 23.9 Å². The summed E-state index contributed by atoms with van der Waals surface area (Å²) in [5, 5.41) is 5.06. The number of hydrogen-bond donors (Lipinski definition) is 2. The van der Waals surface area contributed by atoms with Crippen molar-refractivity contribution in [3.8, 4) is 5.75 Å². The van der Waals surface area contributed by atoms with Gasteiger partial charge in [-0.05, 0) is 25.5 Å². The van der Waals surface area contributed by atoms with Gasteiger partial charge in [0.05, 0.1) is 0 Å². The molecule has 0 heterocycles. The number of carbonyl (C=O) groups is 2. The lowest BCUT2D eigenvalue weighted by atomic mass is 10.0. The average molecular weight is 299 g/mol. The number of benzene rings is 1. The minimum absolute atomic E-state index is 0.280. The largest absolute Gasteiger partial charge is 0.412 e. The molecule has 0 aliphatic rings. The van der Waals surface area contributed by atoms with E-state index in [-0.39, 0.29) is 5.91 Å². The molecule has 6 heteroatoms. The highest BCUT2D eigenvalue weighted by Crippen LogP contribution is 2.24. The molecule has 1 unspecified atom stereocenters. The van der Waals surface area contributed by atoms with Crippen LogP contribution in [0.4, 0.5) is 10.5 Å². The van der Waals surface area contributed by atoms with E-state index in [0.29, 0.717) is 17.9 Å². The van der Waals surface area contributed by atoms with Crippen LogP contribution in [0.3, 0.4) is 0 Å². The third kappa shape index (κ3) is 4.74. The van der Waals surface area contributed by atoms with Crippen molar-refractivity contribution >= 4 is 29.3 Å². The number of halogens is 1. The molecule has 0 fully saturated rings. The number of rotatable bonds is 5. The molecular formula is C14H19ClN2O3. The Hall–Kier alpha value is -1.75. The van der Waals surface area contributed by atoms with Gasteiger partial charge >= 0.3 is 6.09 Å². The second-order valence-corrected chi connectivity index (χ2v) is 5.40. The Labute approximate surface area is 123 Å². The number of anilines is 1. The normalized spacial score (nSPS) is 13.2. The van der Waals surface area contributed by atoms with Crippen molar-refractivity contribution in [2.45, 2.75) is 31.6 Å². The number of ether oxygens (including phenoxy) is 1. The average Bonchev–Trinajstić information content (AvgIpc) is 2.38. The maximum absolute atomic E-state index is 12.1. The van der Waals surface area contributed by atoms with Gasteiger partial charge in [0, 0.05) is 18.8 Å². The van der Waals surface area contributed by atoms with Crippen LogP contribution in [0.15, 0.2) is 24.3 Å². The van der Waals surface area contributed by atoms with E-state index in [2.05, 4.69) is 10.6 Å². The Balaban J connectivity index is 2.75. The van der Waals surface area contributed by atoms with Gasteiger partial charge in [0.25, 0.3) is 0 Å². The summed E-state index contributed by atoms with van der Waals surface area (Å²) in [4.78, 5) is 22.2. The van der Waals surface area contributed by atoms with Gasteiger partial charge in [0.2, 0.25) is 5.91 Å². The van der Waals surface area contributed by atoms with E-state index >= 15 is 0 Å². The van der Waals surface area contributed by atoms with E-state index < -0.39 is 11.0 Å². The Morgan fingerprint density at radius 3 is 2.70 bits per heavy atom. The predicted molar refractivity (Wildman–Crippen MR) is 79.3 cm³/mol. The topological polar surface area (TPSA) is 67.4 Å². The molecule has 0 saturated heterocycles. The van der Waals surface area contributed by atoms with E-state index in [1.165, 1.54) is 7.05 Å². The van der Waals surface area contributed by atoms with E-state index in [4.69, 9.17) is 16.3 Å². The van der Waals surface area contributed by atoms with Crippen molar-refractivity contribution in [1.82, 2.24) is 5.32 Å². The Morgan fingerprint density at radius 1 is 1.40 bits per heavy atom. The van der Waals surface area contributed by atoms with Crippen LogP contribution < -0.4 is 15.4 Å². The van der Waals surface area contributed by atoms with Crippen molar-refractivity contribution in [1.29, 1.82) is 0 Å². The summed E-state index contributed by atoms with van der Waals surface area (Å²) in [6.45, 7) is 3.64. The number of hydrogen-bond acceptors (Lipinski definition) is 3. The van der Waals surface area contributed by atoms with Crippen LogP contribution in [0.5, 0.6) is 5.75 Å². The molecule has 1 aromatic carbocycles. The summed E-state index contributed by atoms with van der Waals surface area (Å²) in [7, 11) is 1.47. The highest BCUT2D eigenvalue weighted by molar-refractivity contribution is 6.36. The smallest absolute Gasteiger partial charge is 0.410 e. The first-order valence-corrected chi connectivity index (χ1v) is 6.77. The molecule has 0 aromatic heterocycles. The van der Waals surface area contributed by atoms with Gasteiger partial charge < -0.3 is 15.4 Å². The van der Waals surface area contributed by atoms with Crippen molar-refractivity contribution in [2.75, 3.05) is 12.4 Å². The standard InChI is InChI=1S/C14H19ClN2O3/c1-4-8-14(2,15)12(18)17-10-6-5-7-11(9-10)20-13(19)16-3/h5-7,9H,4,8H2,1-3H3,(H,16,19)(H,17,18). The Kier molecular flexibility index (Phi) is 5.82. The van der Waals surface area contributed by atoms with Crippen molar-refractivity contribution in [3.63, 3.8) is 0 Å². The van der Waals surface area contributed by atoms with Crippen LogP contribution in [0.2, 0.25) is 0 Å². The van der Waals surface area contributed by atoms with Gasteiger partial charge in [0.1, 0.15) is 10.6 Å². The molecule has 20 heavy (non-hydrogen) atoms.